The van der Waals surface area contributed by atoms with Gasteiger partial charge >= 0.3 is 7.82 Å². The molecule has 1 atom stereocenters. The van der Waals surface area contributed by atoms with Crippen molar-refractivity contribution in [2.24, 2.45) is 5.92 Å². The van der Waals surface area contributed by atoms with Crippen LogP contribution >= 0.6 is 7.82 Å². The summed E-state index contributed by atoms with van der Waals surface area (Å²) >= 11 is 0. The van der Waals surface area contributed by atoms with Crippen LogP contribution in [0, 0.1) is 5.92 Å². The summed E-state index contributed by atoms with van der Waals surface area (Å²) in [5.41, 5.74) is 0. The average molecular weight is 350 g/mol. The second kappa shape index (κ2) is 14.5. The molecule has 0 aromatic heterocycles. The zero-order valence-electron chi connectivity index (χ0n) is 16.0. The molecule has 0 aliphatic rings. The van der Waals surface area contributed by atoms with Gasteiger partial charge in [0.25, 0.3) is 0 Å². The molecule has 5 heteroatoms. The number of hydrogen-bond donors (Lipinski definition) is 0. The van der Waals surface area contributed by atoms with Crippen molar-refractivity contribution in [2.75, 3.05) is 13.2 Å². The summed E-state index contributed by atoms with van der Waals surface area (Å²) < 4.78 is 29.8. The normalized spacial score (nSPS) is 13.7. The minimum atomic E-state index is -3.44. The first-order chi connectivity index (χ1) is 11.0. The molecule has 0 saturated carbocycles. The Hall–Kier alpha value is 0.110. The molecule has 0 saturated heterocycles. The molecule has 0 N–H and O–H groups in total. The molecule has 140 valence electrons. The average Bonchev–Trinajstić information content (AvgIpc) is 2.52. The maximum Gasteiger partial charge on any atom is 0.475 e. The molecule has 0 aromatic rings. The molecule has 0 bridgehead atoms. The Morgan fingerprint density at radius 2 is 1.26 bits per heavy atom. The monoisotopic (exact) mass is 350 g/mol. The Balaban J connectivity index is 4.41. The van der Waals surface area contributed by atoms with Gasteiger partial charge in [-0.1, -0.05) is 73.1 Å². The fourth-order valence-corrected chi connectivity index (χ4v) is 3.97. The Morgan fingerprint density at radius 3 is 1.61 bits per heavy atom. The van der Waals surface area contributed by atoms with E-state index in [1.165, 1.54) is 25.7 Å². The molecule has 0 radical (unpaired) electrons. The molecule has 0 amide bonds. The fraction of sp³-hybridized carbons (Fsp3) is 1.00. The highest BCUT2D eigenvalue weighted by atomic mass is 31.2. The van der Waals surface area contributed by atoms with Crippen molar-refractivity contribution < 1.29 is 18.1 Å². The first-order valence-electron chi connectivity index (χ1n) is 9.56. The molecular weight excluding hydrogens is 311 g/mol. The van der Waals surface area contributed by atoms with Crippen LogP contribution in [0.25, 0.3) is 0 Å². The van der Waals surface area contributed by atoms with Crippen LogP contribution in [0.15, 0.2) is 0 Å². The molecule has 1 unspecified atom stereocenters. The van der Waals surface area contributed by atoms with E-state index in [0.717, 1.165) is 32.1 Å². The van der Waals surface area contributed by atoms with Gasteiger partial charge in [0, 0.05) is 0 Å². The lowest BCUT2D eigenvalue weighted by molar-refractivity contribution is 0.0548. The Bertz CT molecular complexity index is 289. The van der Waals surface area contributed by atoms with Crippen molar-refractivity contribution in [1.29, 1.82) is 0 Å². The smallest absolute Gasteiger partial charge is 0.287 e. The topological polar surface area (TPSA) is 44.8 Å². The lowest BCUT2D eigenvalue weighted by Crippen LogP contribution is -2.19. The first-order valence-corrected chi connectivity index (χ1v) is 11.0. The van der Waals surface area contributed by atoms with Crippen LogP contribution in [-0.4, -0.2) is 19.3 Å². The summed E-state index contributed by atoms with van der Waals surface area (Å²) in [6.07, 6.45) is 9.40. The van der Waals surface area contributed by atoms with E-state index in [9.17, 15) is 4.57 Å². The molecule has 0 aliphatic carbocycles. The van der Waals surface area contributed by atoms with Crippen LogP contribution in [-0.2, 0) is 18.1 Å². The Labute approximate surface area is 144 Å². The molecule has 23 heavy (non-hydrogen) atoms. The lowest BCUT2D eigenvalue weighted by Gasteiger charge is -2.25. The fourth-order valence-electron chi connectivity index (χ4n) is 2.34. The van der Waals surface area contributed by atoms with Gasteiger partial charge in [-0.15, -0.1) is 0 Å². The molecule has 0 fully saturated rings. The Morgan fingerprint density at radius 1 is 0.783 bits per heavy atom. The molecular formula is C18H39O4P. The SMILES string of the molecule is CCCCCCOP(=O)(OCCCCCC)OC(CC)C(C)C. The van der Waals surface area contributed by atoms with Crippen molar-refractivity contribution in [3.05, 3.63) is 0 Å². The zero-order chi connectivity index (χ0) is 17.6. The number of hydrogen-bond acceptors (Lipinski definition) is 4. The van der Waals surface area contributed by atoms with Gasteiger partial charge in [-0.2, -0.15) is 0 Å². The number of rotatable bonds is 16. The predicted octanol–water partition coefficient (Wildman–Crippen LogP) is 6.74. The van der Waals surface area contributed by atoms with E-state index in [1.807, 2.05) is 6.92 Å². The Kier molecular flexibility index (Phi) is 14.5. The maximum atomic E-state index is 12.9. The van der Waals surface area contributed by atoms with E-state index < -0.39 is 7.82 Å². The van der Waals surface area contributed by atoms with Gasteiger partial charge in [0.1, 0.15) is 0 Å². The standard InChI is InChI=1S/C18H39O4P/c1-6-9-11-13-15-20-23(19,21-16-14-12-10-7-2)22-18(8-3)17(4)5/h17-18H,6-16H2,1-5H3. The zero-order valence-corrected chi connectivity index (χ0v) is 16.9. The third kappa shape index (κ3) is 12.2. The van der Waals surface area contributed by atoms with E-state index in [4.69, 9.17) is 13.6 Å². The van der Waals surface area contributed by atoms with Crippen molar-refractivity contribution in [3.8, 4) is 0 Å². The second-order valence-corrected chi connectivity index (χ2v) is 8.15. The summed E-state index contributed by atoms with van der Waals surface area (Å²) in [6, 6.07) is 0. The minimum absolute atomic E-state index is 0.0906. The number of phosphoric acid groups is 1. The van der Waals surface area contributed by atoms with Gasteiger partial charge in [0.2, 0.25) is 0 Å². The van der Waals surface area contributed by atoms with Crippen LogP contribution in [0.2, 0.25) is 0 Å². The quantitative estimate of drug-likeness (QED) is 0.228. The lowest BCUT2D eigenvalue weighted by atomic mass is 10.1. The third-order valence-electron chi connectivity index (χ3n) is 3.91. The van der Waals surface area contributed by atoms with Gasteiger partial charge in [-0.25, -0.2) is 4.57 Å². The van der Waals surface area contributed by atoms with Crippen LogP contribution in [0.4, 0.5) is 0 Å². The predicted molar refractivity (Wildman–Crippen MR) is 97.8 cm³/mol. The van der Waals surface area contributed by atoms with Gasteiger partial charge < -0.3 is 0 Å². The van der Waals surface area contributed by atoms with Crippen LogP contribution in [0.3, 0.4) is 0 Å². The third-order valence-corrected chi connectivity index (χ3v) is 5.43. The van der Waals surface area contributed by atoms with E-state index in [1.54, 1.807) is 0 Å². The van der Waals surface area contributed by atoms with E-state index in [2.05, 4.69) is 27.7 Å². The number of phosphoric ester groups is 1. The highest BCUT2D eigenvalue weighted by Gasteiger charge is 2.31. The highest BCUT2D eigenvalue weighted by Crippen LogP contribution is 2.52. The van der Waals surface area contributed by atoms with E-state index in [0.29, 0.717) is 19.1 Å². The summed E-state index contributed by atoms with van der Waals surface area (Å²) in [6.45, 7) is 11.4. The maximum absolute atomic E-state index is 12.9. The van der Waals surface area contributed by atoms with Crippen molar-refractivity contribution in [1.82, 2.24) is 0 Å². The summed E-state index contributed by atoms with van der Waals surface area (Å²) in [7, 11) is -3.44. The summed E-state index contributed by atoms with van der Waals surface area (Å²) in [5.74, 6) is 0.292. The van der Waals surface area contributed by atoms with Gasteiger partial charge in [0.05, 0.1) is 19.3 Å². The van der Waals surface area contributed by atoms with Gasteiger partial charge in [-0.05, 0) is 25.2 Å². The molecule has 0 rings (SSSR count). The molecule has 0 spiro atoms. The van der Waals surface area contributed by atoms with Crippen molar-refractivity contribution >= 4 is 7.82 Å². The summed E-state index contributed by atoms with van der Waals surface area (Å²) in [5, 5.41) is 0. The first kappa shape index (κ1) is 23.1. The van der Waals surface area contributed by atoms with Gasteiger partial charge in [-0.3, -0.25) is 13.6 Å². The molecule has 4 nitrogen and oxygen atoms in total. The second-order valence-electron chi connectivity index (χ2n) is 6.53. The summed E-state index contributed by atoms with van der Waals surface area (Å²) in [4.78, 5) is 0. The largest absolute Gasteiger partial charge is 0.475 e. The van der Waals surface area contributed by atoms with E-state index >= 15 is 0 Å². The molecule has 0 aliphatic heterocycles. The van der Waals surface area contributed by atoms with Crippen LogP contribution < -0.4 is 0 Å². The van der Waals surface area contributed by atoms with Crippen LogP contribution in [0.1, 0.15) is 92.4 Å². The highest BCUT2D eigenvalue weighted by molar-refractivity contribution is 7.48. The van der Waals surface area contributed by atoms with Crippen molar-refractivity contribution in [2.45, 2.75) is 98.5 Å². The molecule has 0 heterocycles. The number of unbranched alkanes of at least 4 members (excludes halogenated alkanes) is 6. The molecule has 0 aromatic carbocycles. The van der Waals surface area contributed by atoms with Crippen molar-refractivity contribution in [3.63, 3.8) is 0 Å². The van der Waals surface area contributed by atoms with E-state index in [-0.39, 0.29) is 6.10 Å². The van der Waals surface area contributed by atoms with Crippen LogP contribution in [0.5, 0.6) is 0 Å². The minimum Gasteiger partial charge on any atom is -0.287 e. The van der Waals surface area contributed by atoms with Gasteiger partial charge in [0.15, 0.2) is 0 Å².